The van der Waals surface area contributed by atoms with E-state index in [0.29, 0.717) is 37.5 Å². The number of carboxylic acid groups (broad SMARTS) is 1. The lowest BCUT2D eigenvalue weighted by Gasteiger charge is -2.29. The summed E-state index contributed by atoms with van der Waals surface area (Å²) in [6.45, 7) is 1.00. The van der Waals surface area contributed by atoms with Gasteiger partial charge in [0.2, 0.25) is 0 Å². The van der Waals surface area contributed by atoms with Gasteiger partial charge in [0.15, 0.2) is 0 Å². The molecule has 1 aromatic rings. The summed E-state index contributed by atoms with van der Waals surface area (Å²) in [4.78, 5) is 29.1. The van der Waals surface area contributed by atoms with Gasteiger partial charge < -0.3 is 10.0 Å². The maximum absolute atomic E-state index is 12.3. The molecule has 0 spiro atoms. The van der Waals surface area contributed by atoms with Gasteiger partial charge in [0.1, 0.15) is 5.69 Å². The number of piperidine rings is 1. The Balaban J connectivity index is 1.62. The van der Waals surface area contributed by atoms with Crippen molar-refractivity contribution in [3.8, 4) is 0 Å². The first-order valence-corrected chi connectivity index (χ1v) is 7.13. The minimum Gasteiger partial charge on any atom is -0.481 e. The van der Waals surface area contributed by atoms with Gasteiger partial charge >= 0.3 is 5.97 Å². The summed E-state index contributed by atoms with van der Waals surface area (Å²) in [5.41, 5.74) is 1.68. The number of hydrogen-bond acceptors (Lipinski definition) is 3. The Bertz CT molecular complexity index is 514. The summed E-state index contributed by atoms with van der Waals surface area (Å²) >= 11 is 0. The number of hydrogen-bond donors (Lipinski definition) is 1. The van der Waals surface area contributed by atoms with Crippen LogP contribution in [-0.4, -0.2) is 40.0 Å². The highest BCUT2D eigenvalue weighted by molar-refractivity contribution is 5.92. The summed E-state index contributed by atoms with van der Waals surface area (Å²) in [5.74, 6) is -0.526. The van der Waals surface area contributed by atoms with E-state index in [4.69, 9.17) is 5.11 Å². The maximum Gasteiger partial charge on any atom is 0.306 e. The second-order valence-electron chi connectivity index (χ2n) is 5.66. The van der Waals surface area contributed by atoms with E-state index >= 15 is 0 Å². The molecule has 5 nitrogen and oxygen atoms in total. The fraction of sp³-hybridized carbons (Fsp3) is 0.533. The number of aromatic nitrogens is 1. The minimum atomic E-state index is -0.760. The topological polar surface area (TPSA) is 70.5 Å². The first kappa shape index (κ1) is 13.1. The maximum atomic E-state index is 12.3. The molecule has 1 aliphatic carbocycles. The molecular weight excluding hydrogens is 256 g/mol. The van der Waals surface area contributed by atoms with Gasteiger partial charge in [0.05, 0.1) is 5.92 Å². The number of likely N-dealkylation sites (tertiary alicyclic amines) is 1. The lowest BCUT2D eigenvalue weighted by atomic mass is 9.97. The molecule has 1 amide bonds. The minimum absolute atomic E-state index is 0.0869. The lowest BCUT2D eigenvalue weighted by molar-refractivity contribution is -0.143. The molecule has 20 heavy (non-hydrogen) atoms. The van der Waals surface area contributed by atoms with Gasteiger partial charge in [0.25, 0.3) is 5.91 Å². The Kier molecular flexibility index (Phi) is 3.42. The number of aliphatic carboxylic acids is 1. The van der Waals surface area contributed by atoms with E-state index in [1.165, 1.54) is 18.4 Å². The van der Waals surface area contributed by atoms with Gasteiger partial charge in [-0.05, 0) is 43.2 Å². The molecule has 0 atom stereocenters. The van der Waals surface area contributed by atoms with Crippen molar-refractivity contribution in [2.45, 2.75) is 31.6 Å². The van der Waals surface area contributed by atoms with Gasteiger partial charge in [0, 0.05) is 19.3 Å². The molecule has 0 radical (unpaired) electrons. The highest BCUT2D eigenvalue weighted by Crippen LogP contribution is 2.39. The van der Waals surface area contributed by atoms with E-state index < -0.39 is 5.97 Å². The lowest BCUT2D eigenvalue weighted by Crippen LogP contribution is -2.40. The Morgan fingerprint density at radius 1 is 1.15 bits per heavy atom. The highest BCUT2D eigenvalue weighted by Gasteiger charge is 2.28. The third-order valence-electron chi connectivity index (χ3n) is 4.19. The van der Waals surface area contributed by atoms with Crippen LogP contribution in [0.15, 0.2) is 18.3 Å². The molecule has 3 rings (SSSR count). The van der Waals surface area contributed by atoms with Crippen LogP contribution >= 0.6 is 0 Å². The predicted molar refractivity (Wildman–Crippen MR) is 72.5 cm³/mol. The molecule has 0 aromatic carbocycles. The van der Waals surface area contributed by atoms with Gasteiger partial charge in [-0.15, -0.1) is 0 Å². The average molecular weight is 274 g/mol. The number of amides is 1. The molecule has 2 aliphatic rings. The molecule has 5 heteroatoms. The number of carbonyl (C=O) groups excluding carboxylic acids is 1. The molecule has 1 aliphatic heterocycles. The molecule has 106 valence electrons. The van der Waals surface area contributed by atoms with E-state index in [9.17, 15) is 9.59 Å². The Labute approximate surface area is 117 Å². The van der Waals surface area contributed by atoms with E-state index in [1.807, 2.05) is 6.07 Å². The van der Waals surface area contributed by atoms with Crippen molar-refractivity contribution in [2.75, 3.05) is 13.1 Å². The van der Waals surface area contributed by atoms with Gasteiger partial charge in [-0.3, -0.25) is 14.6 Å². The van der Waals surface area contributed by atoms with E-state index in [-0.39, 0.29) is 11.8 Å². The van der Waals surface area contributed by atoms with Crippen LogP contribution < -0.4 is 0 Å². The third kappa shape index (κ3) is 2.66. The first-order chi connectivity index (χ1) is 9.65. The van der Waals surface area contributed by atoms with Crippen molar-refractivity contribution >= 4 is 11.9 Å². The fourth-order valence-electron chi connectivity index (χ4n) is 2.68. The van der Waals surface area contributed by atoms with Crippen LogP contribution in [0.25, 0.3) is 0 Å². The van der Waals surface area contributed by atoms with Crippen molar-refractivity contribution in [1.29, 1.82) is 0 Å². The molecule has 1 saturated carbocycles. The number of nitrogens with zero attached hydrogens (tertiary/aromatic N) is 2. The van der Waals surface area contributed by atoms with Crippen LogP contribution in [0.3, 0.4) is 0 Å². The monoisotopic (exact) mass is 274 g/mol. The van der Waals surface area contributed by atoms with Gasteiger partial charge in [-0.1, -0.05) is 6.07 Å². The van der Waals surface area contributed by atoms with Gasteiger partial charge in [-0.2, -0.15) is 0 Å². The largest absolute Gasteiger partial charge is 0.481 e. The van der Waals surface area contributed by atoms with Crippen molar-refractivity contribution in [3.05, 3.63) is 29.6 Å². The smallest absolute Gasteiger partial charge is 0.306 e. The number of carbonyl (C=O) groups is 2. The second kappa shape index (κ2) is 5.23. The summed E-state index contributed by atoms with van der Waals surface area (Å²) < 4.78 is 0. The van der Waals surface area contributed by atoms with E-state index in [0.717, 1.165) is 0 Å². The Morgan fingerprint density at radius 3 is 2.35 bits per heavy atom. The summed E-state index contributed by atoms with van der Waals surface area (Å²) in [5, 5.41) is 8.95. The van der Waals surface area contributed by atoms with Crippen LogP contribution in [-0.2, 0) is 4.79 Å². The third-order valence-corrected chi connectivity index (χ3v) is 4.19. The molecule has 0 bridgehead atoms. The van der Waals surface area contributed by atoms with Crippen LogP contribution in [0.1, 0.15) is 47.7 Å². The van der Waals surface area contributed by atoms with Crippen molar-refractivity contribution in [3.63, 3.8) is 0 Å². The Morgan fingerprint density at radius 2 is 1.85 bits per heavy atom. The quantitative estimate of drug-likeness (QED) is 0.913. The van der Waals surface area contributed by atoms with Crippen molar-refractivity contribution in [2.24, 2.45) is 5.92 Å². The number of carboxylic acids is 1. The fourth-order valence-corrected chi connectivity index (χ4v) is 2.68. The molecular formula is C15H18N2O3. The molecule has 1 aromatic heterocycles. The van der Waals surface area contributed by atoms with E-state index in [2.05, 4.69) is 4.98 Å². The summed E-state index contributed by atoms with van der Waals surface area (Å²) in [6.07, 6.45) is 5.30. The zero-order valence-corrected chi connectivity index (χ0v) is 11.3. The van der Waals surface area contributed by atoms with Crippen LogP contribution in [0.2, 0.25) is 0 Å². The highest BCUT2D eigenvalue weighted by atomic mass is 16.4. The van der Waals surface area contributed by atoms with Crippen LogP contribution in [0.5, 0.6) is 0 Å². The molecule has 1 N–H and O–H groups in total. The predicted octanol–water partition coefficient (Wildman–Crippen LogP) is 1.90. The van der Waals surface area contributed by atoms with Crippen LogP contribution in [0.4, 0.5) is 0 Å². The average Bonchev–Trinajstić information content (AvgIpc) is 3.31. The molecule has 1 saturated heterocycles. The SMILES string of the molecule is O=C(O)C1CCN(C(=O)c2ccc(C3CC3)cn2)CC1. The molecule has 2 heterocycles. The zero-order valence-electron chi connectivity index (χ0n) is 11.3. The second-order valence-corrected chi connectivity index (χ2v) is 5.66. The van der Waals surface area contributed by atoms with Crippen LogP contribution in [0, 0.1) is 5.92 Å². The summed E-state index contributed by atoms with van der Waals surface area (Å²) in [7, 11) is 0. The van der Waals surface area contributed by atoms with Crippen molar-refractivity contribution < 1.29 is 14.7 Å². The first-order valence-electron chi connectivity index (χ1n) is 7.13. The molecule has 0 unspecified atom stereocenters. The van der Waals surface area contributed by atoms with Crippen molar-refractivity contribution in [1.82, 2.24) is 9.88 Å². The molecule has 2 fully saturated rings. The Hall–Kier alpha value is -1.91. The van der Waals surface area contributed by atoms with E-state index in [1.54, 1.807) is 17.2 Å². The zero-order chi connectivity index (χ0) is 14.1. The number of rotatable bonds is 3. The normalized spacial score (nSPS) is 19.9. The number of pyridine rings is 1. The van der Waals surface area contributed by atoms with Gasteiger partial charge in [-0.25, -0.2) is 0 Å². The standard InChI is InChI=1S/C15H18N2O3/c18-14(17-7-5-11(6-8-17)15(19)20)13-4-3-12(9-16-13)10-1-2-10/h3-4,9-11H,1-2,5-8H2,(H,19,20). The summed E-state index contributed by atoms with van der Waals surface area (Å²) in [6, 6.07) is 3.78.